The molecule has 1 aliphatic heterocycles. The molecule has 0 bridgehead atoms. The molecule has 15 heavy (non-hydrogen) atoms. The van der Waals surface area contributed by atoms with Crippen molar-refractivity contribution in [2.75, 3.05) is 6.54 Å². The largest absolute Gasteiger partial charge is 0.460 e. The molecule has 1 aliphatic rings. The van der Waals surface area contributed by atoms with Crippen LogP contribution in [0.15, 0.2) is 0 Å². The standard InChI is InChI=1S/C12H23NO2/c1-5-10-8-9(6-7-13-10)11(14)15-12(2,3)4/h9-10,13H,5-8H2,1-4H3. The third-order valence-corrected chi connectivity index (χ3v) is 2.73. The number of nitrogens with one attached hydrogen (secondary N) is 1. The van der Waals surface area contributed by atoms with Crippen LogP contribution < -0.4 is 5.32 Å². The average molecular weight is 213 g/mol. The molecule has 1 saturated heterocycles. The van der Waals surface area contributed by atoms with Gasteiger partial charge in [-0.25, -0.2) is 0 Å². The third kappa shape index (κ3) is 4.20. The molecule has 0 radical (unpaired) electrons. The second-order valence-corrected chi connectivity index (χ2v) is 5.31. The molecule has 0 aromatic heterocycles. The SMILES string of the molecule is CCC1CC(C(=O)OC(C)(C)C)CCN1. The minimum atomic E-state index is -0.357. The van der Waals surface area contributed by atoms with Gasteiger partial charge in [-0.1, -0.05) is 6.92 Å². The van der Waals surface area contributed by atoms with Crippen molar-refractivity contribution in [3.63, 3.8) is 0 Å². The zero-order valence-corrected chi connectivity index (χ0v) is 10.3. The molecule has 1 fully saturated rings. The van der Waals surface area contributed by atoms with E-state index < -0.39 is 0 Å². The van der Waals surface area contributed by atoms with Crippen LogP contribution in [0.25, 0.3) is 0 Å². The Morgan fingerprint density at radius 2 is 2.13 bits per heavy atom. The van der Waals surface area contributed by atoms with Gasteiger partial charge in [-0.15, -0.1) is 0 Å². The third-order valence-electron chi connectivity index (χ3n) is 2.73. The van der Waals surface area contributed by atoms with Crippen LogP contribution in [-0.2, 0) is 9.53 Å². The number of ether oxygens (including phenoxy) is 1. The van der Waals surface area contributed by atoms with Gasteiger partial charge in [0.1, 0.15) is 5.60 Å². The van der Waals surface area contributed by atoms with E-state index in [2.05, 4.69) is 12.2 Å². The van der Waals surface area contributed by atoms with Gasteiger partial charge in [0, 0.05) is 6.04 Å². The molecule has 0 aliphatic carbocycles. The molecule has 1 N–H and O–H groups in total. The Balaban J connectivity index is 2.45. The molecule has 0 amide bonds. The van der Waals surface area contributed by atoms with Crippen LogP contribution in [-0.4, -0.2) is 24.2 Å². The molecule has 0 aromatic rings. The second-order valence-electron chi connectivity index (χ2n) is 5.31. The first-order valence-electron chi connectivity index (χ1n) is 5.88. The molecular formula is C12H23NO2. The molecule has 1 heterocycles. The van der Waals surface area contributed by atoms with Crippen LogP contribution >= 0.6 is 0 Å². The highest BCUT2D eigenvalue weighted by Gasteiger charge is 2.29. The fourth-order valence-electron chi connectivity index (χ4n) is 1.92. The highest BCUT2D eigenvalue weighted by atomic mass is 16.6. The fraction of sp³-hybridized carbons (Fsp3) is 0.917. The van der Waals surface area contributed by atoms with E-state index in [-0.39, 0.29) is 17.5 Å². The number of hydrogen-bond acceptors (Lipinski definition) is 3. The maximum Gasteiger partial charge on any atom is 0.309 e. The first-order chi connectivity index (χ1) is 6.92. The molecule has 88 valence electrons. The van der Waals surface area contributed by atoms with E-state index in [9.17, 15) is 4.79 Å². The van der Waals surface area contributed by atoms with Crippen LogP contribution in [0, 0.1) is 5.92 Å². The summed E-state index contributed by atoms with van der Waals surface area (Å²) in [6.45, 7) is 8.84. The quantitative estimate of drug-likeness (QED) is 0.714. The number of hydrogen-bond donors (Lipinski definition) is 1. The lowest BCUT2D eigenvalue weighted by Crippen LogP contribution is -2.41. The summed E-state index contributed by atoms with van der Waals surface area (Å²) >= 11 is 0. The monoisotopic (exact) mass is 213 g/mol. The van der Waals surface area contributed by atoms with E-state index in [0.717, 1.165) is 25.8 Å². The smallest absolute Gasteiger partial charge is 0.309 e. The minimum absolute atomic E-state index is 0.0255. The lowest BCUT2D eigenvalue weighted by atomic mass is 9.91. The lowest BCUT2D eigenvalue weighted by Gasteiger charge is -2.30. The van der Waals surface area contributed by atoms with Crippen LogP contribution in [0.5, 0.6) is 0 Å². The van der Waals surface area contributed by atoms with E-state index in [1.807, 2.05) is 20.8 Å². The summed E-state index contributed by atoms with van der Waals surface area (Å²) in [7, 11) is 0. The summed E-state index contributed by atoms with van der Waals surface area (Å²) in [6.07, 6.45) is 2.91. The van der Waals surface area contributed by atoms with E-state index in [1.54, 1.807) is 0 Å². The van der Waals surface area contributed by atoms with Crippen LogP contribution in [0.2, 0.25) is 0 Å². The Kier molecular flexibility index (Phi) is 4.14. The molecule has 2 unspecified atom stereocenters. The summed E-state index contributed by atoms with van der Waals surface area (Å²) < 4.78 is 5.40. The van der Waals surface area contributed by atoms with E-state index >= 15 is 0 Å². The topological polar surface area (TPSA) is 38.3 Å². The minimum Gasteiger partial charge on any atom is -0.460 e. The van der Waals surface area contributed by atoms with E-state index in [1.165, 1.54) is 0 Å². The van der Waals surface area contributed by atoms with Crippen molar-refractivity contribution in [1.29, 1.82) is 0 Å². The number of carbonyl (C=O) groups is 1. The summed E-state index contributed by atoms with van der Waals surface area (Å²) in [4.78, 5) is 11.8. The predicted octanol–water partition coefficient (Wildman–Crippen LogP) is 2.11. The van der Waals surface area contributed by atoms with Crippen LogP contribution in [0.4, 0.5) is 0 Å². The Hall–Kier alpha value is -0.570. The zero-order valence-electron chi connectivity index (χ0n) is 10.3. The van der Waals surface area contributed by atoms with Gasteiger partial charge in [0.15, 0.2) is 0 Å². The van der Waals surface area contributed by atoms with Crippen molar-refractivity contribution < 1.29 is 9.53 Å². The molecule has 1 rings (SSSR count). The number of rotatable bonds is 2. The molecule has 3 nitrogen and oxygen atoms in total. The first-order valence-corrected chi connectivity index (χ1v) is 5.88. The van der Waals surface area contributed by atoms with Gasteiger partial charge >= 0.3 is 5.97 Å². The highest BCUT2D eigenvalue weighted by molar-refractivity contribution is 5.73. The second kappa shape index (κ2) is 4.97. The van der Waals surface area contributed by atoms with Gasteiger partial charge in [0.05, 0.1) is 5.92 Å². The van der Waals surface area contributed by atoms with Crippen molar-refractivity contribution in [3.8, 4) is 0 Å². The van der Waals surface area contributed by atoms with Gasteiger partial charge in [-0.2, -0.15) is 0 Å². The van der Waals surface area contributed by atoms with Crippen LogP contribution in [0.3, 0.4) is 0 Å². The van der Waals surface area contributed by atoms with E-state index in [4.69, 9.17) is 4.74 Å². The summed E-state index contributed by atoms with van der Waals surface area (Å²) in [5, 5.41) is 3.41. The molecule has 0 saturated carbocycles. The summed E-state index contributed by atoms with van der Waals surface area (Å²) in [5.41, 5.74) is -0.357. The van der Waals surface area contributed by atoms with Gasteiger partial charge in [0.25, 0.3) is 0 Å². The van der Waals surface area contributed by atoms with Gasteiger partial charge in [-0.3, -0.25) is 4.79 Å². The number of esters is 1. The highest BCUT2D eigenvalue weighted by Crippen LogP contribution is 2.21. The van der Waals surface area contributed by atoms with Gasteiger partial charge in [-0.05, 0) is 46.6 Å². The van der Waals surface area contributed by atoms with Crippen molar-refractivity contribution >= 4 is 5.97 Å². The maximum absolute atomic E-state index is 11.8. The normalized spacial score (nSPS) is 27.5. The molecule has 0 spiro atoms. The van der Waals surface area contributed by atoms with Gasteiger partial charge in [0.2, 0.25) is 0 Å². The molecule has 0 aromatic carbocycles. The molecule has 2 atom stereocenters. The van der Waals surface area contributed by atoms with Crippen molar-refractivity contribution in [2.24, 2.45) is 5.92 Å². The van der Waals surface area contributed by atoms with Crippen molar-refractivity contribution in [3.05, 3.63) is 0 Å². The first kappa shape index (κ1) is 12.5. The van der Waals surface area contributed by atoms with Crippen molar-refractivity contribution in [1.82, 2.24) is 5.32 Å². The Morgan fingerprint density at radius 1 is 1.47 bits per heavy atom. The van der Waals surface area contributed by atoms with Crippen LogP contribution in [0.1, 0.15) is 47.0 Å². The average Bonchev–Trinajstić information content (AvgIpc) is 2.15. The predicted molar refractivity (Wildman–Crippen MR) is 60.7 cm³/mol. The Labute approximate surface area is 92.6 Å². The lowest BCUT2D eigenvalue weighted by molar-refractivity contribution is -0.161. The number of carbonyl (C=O) groups excluding carboxylic acids is 1. The van der Waals surface area contributed by atoms with Crippen molar-refractivity contribution in [2.45, 2.75) is 58.6 Å². The summed E-state index contributed by atoms with van der Waals surface area (Å²) in [6, 6.07) is 0.483. The van der Waals surface area contributed by atoms with Gasteiger partial charge < -0.3 is 10.1 Å². The fourth-order valence-corrected chi connectivity index (χ4v) is 1.92. The maximum atomic E-state index is 11.8. The Morgan fingerprint density at radius 3 is 2.67 bits per heavy atom. The Bertz CT molecular complexity index is 220. The summed E-state index contributed by atoms with van der Waals surface area (Å²) in [5.74, 6) is 0.0675. The molecule has 3 heteroatoms. The number of piperidine rings is 1. The zero-order chi connectivity index (χ0) is 11.5. The molecular weight excluding hydrogens is 190 g/mol. The van der Waals surface area contributed by atoms with E-state index in [0.29, 0.717) is 6.04 Å².